The molecule has 0 fully saturated rings. The van der Waals surface area contributed by atoms with Crippen LogP contribution in [0, 0.1) is 6.92 Å². The quantitative estimate of drug-likeness (QED) is 0.777. The van der Waals surface area contributed by atoms with Crippen molar-refractivity contribution in [1.82, 2.24) is 10.4 Å². The van der Waals surface area contributed by atoms with Crippen LogP contribution >= 0.6 is 11.6 Å². The van der Waals surface area contributed by atoms with Crippen LogP contribution in [0.25, 0.3) is 5.70 Å². The third-order valence-corrected chi connectivity index (χ3v) is 4.82. The van der Waals surface area contributed by atoms with E-state index in [1.807, 2.05) is 55.5 Å². The monoisotopic (exact) mass is 384 g/mol. The zero-order valence-electron chi connectivity index (χ0n) is 15.0. The molecule has 2 aromatic carbocycles. The van der Waals surface area contributed by atoms with Crippen molar-refractivity contribution in [2.24, 2.45) is 0 Å². The molecule has 1 aliphatic rings. The van der Waals surface area contributed by atoms with E-state index in [0.717, 1.165) is 22.4 Å². The molecule has 1 heterocycles. The summed E-state index contributed by atoms with van der Waals surface area (Å²) < 4.78 is 0. The molecule has 1 aliphatic heterocycles. The molecule has 5 nitrogen and oxygen atoms in total. The first-order valence-electron chi connectivity index (χ1n) is 8.79. The zero-order chi connectivity index (χ0) is 19.4. The highest BCUT2D eigenvalue weighted by Gasteiger charge is 2.31. The van der Waals surface area contributed by atoms with Gasteiger partial charge in [0.05, 0.1) is 5.70 Å². The Kier molecular flexibility index (Phi) is 5.81. The number of carboxylic acid groups (broad SMARTS) is 1. The molecule has 1 atom stereocenters. The van der Waals surface area contributed by atoms with Crippen LogP contribution in [-0.4, -0.2) is 22.0 Å². The molecule has 0 bridgehead atoms. The van der Waals surface area contributed by atoms with Gasteiger partial charge in [0.25, 0.3) is 0 Å². The Labute approximate surface area is 163 Å². The molecule has 27 heavy (non-hydrogen) atoms. The number of nitrogens with zero attached hydrogens (tertiary/aromatic N) is 1. The summed E-state index contributed by atoms with van der Waals surface area (Å²) >= 11 is 6.36. The largest absolute Gasteiger partial charge is 0.481 e. The van der Waals surface area contributed by atoms with E-state index in [9.17, 15) is 9.59 Å². The molecule has 140 valence electrons. The molecular formula is C21H21ClN2O3. The standard InChI is InChI=1S/C21H21ClN2O3/c1-14-9-11-15(12-10-14)18-13-19(16-5-2-3-6-17(16)22)24(23-18)20(25)7-4-8-21(26)27/h2-3,5-6,9-13,19,23H,4,7-8H2,1H3,(H,26,27)/t19-/m1/s1. The topological polar surface area (TPSA) is 69.6 Å². The fourth-order valence-electron chi connectivity index (χ4n) is 3.04. The molecular weight excluding hydrogens is 364 g/mol. The van der Waals surface area contributed by atoms with Crippen LogP contribution in [-0.2, 0) is 9.59 Å². The maximum Gasteiger partial charge on any atom is 0.303 e. The van der Waals surface area contributed by atoms with Gasteiger partial charge in [-0.3, -0.25) is 15.0 Å². The van der Waals surface area contributed by atoms with Crippen LogP contribution in [0.2, 0.25) is 5.02 Å². The number of hydrogen-bond donors (Lipinski definition) is 2. The van der Waals surface area contributed by atoms with Gasteiger partial charge in [0.15, 0.2) is 0 Å². The number of aryl methyl sites for hydroxylation is 1. The minimum absolute atomic E-state index is 0.0331. The molecule has 2 N–H and O–H groups in total. The van der Waals surface area contributed by atoms with E-state index >= 15 is 0 Å². The Morgan fingerprint density at radius 3 is 2.48 bits per heavy atom. The maximum absolute atomic E-state index is 12.7. The highest BCUT2D eigenvalue weighted by atomic mass is 35.5. The van der Waals surface area contributed by atoms with Crippen molar-refractivity contribution in [3.8, 4) is 0 Å². The Hall–Kier alpha value is -2.79. The minimum Gasteiger partial charge on any atom is -0.481 e. The number of amides is 1. The molecule has 0 aromatic heterocycles. The molecule has 6 heteroatoms. The molecule has 1 amide bonds. The second-order valence-corrected chi connectivity index (χ2v) is 6.94. The van der Waals surface area contributed by atoms with Crippen molar-refractivity contribution in [3.05, 3.63) is 76.3 Å². The fourth-order valence-corrected chi connectivity index (χ4v) is 3.28. The van der Waals surface area contributed by atoms with Gasteiger partial charge in [-0.15, -0.1) is 0 Å². The molecule has 2 aromatic rings. The Morgan fingerprint density at radius 2 is 1.81 bits per heavy atom. The van der Waals surface area contributed by atoms with E-state index in [1.165, 1.54) is 5.01 Å². The van der Waals surface area contributed by atoms with Crippen molar-refractivity contribution in [2.45, 2.75) is 32.2 Å². The first-order valence-corrected chi connectivity index (χ1v) is 9.17. The second-order valence-electron chi connectivity index (χ2n) is 6.54. The van der Waals surface area contributed by atoms with Gasteiger partial charge in [0.1, 0.15) is 6.04 Å². The normalized spacial score (nSPS) is 16.0. The lowest BCUT2D eigenvalue weighted by Gasteiger charge is -2.26. The summed E-state index contributed by atoms with van der Waals surface area (Å²) in [5.41, 5.74) is 6.95. The summed E-state index contributed by atoms with van der Waals surface area (Å²) in [6, 6.07) is 15.1. The average molecular weight is 385 g/mol. The molecule has 3 rings (SSSR count). The van der Waals surface area contributed by atoms with Gasteiger partial charge in [-0.2, -0.15) is 0 Å². The lowest BCUT2D eigenvalue weighted by Crippen LogP contribution is -2.39. The van der Waals surface area contributed by atoms with E-state index in [-0.39, 0.29) is 24.8 Å². The van der Waals surface area contributed by atoms with Gasteiger partial charge in [0.2, 0.25) is 5.91 Å². The number of nitrogens with one attached hydrogen (secondary N) is 1. The summed E-state index contributed by atoms with van der Waals surface area (Å²) in [5, 5.41) is 10.9. The third kappa shape index (κ3) is 4.49. The zero-order valence-corrected chi connectivity index (χ0v) is 15.7. The number of carboxylic acids is 1. The number of rotatable bonds is 6. The predicted molar refractivity (Wildman–Crippen MR) is 105 cm³/mol. The molecule has 0 aliphatic carbocycles. The smallest absolute Gasteiger partial charge is 0.303 e. The average Bonchev–Trinajstić information content (AvgIpc) is 3.07. The number of carbonyl (C=O) groups excluding carboxylic acids is 1. The van der Waals surface area contributed by atoms with Crippen molar-refractivity contribution in [1.29, 1.82) is 0 Å². The highest BCUT2D eigenvalue weighted by molar-refractivity contribution is 6.31. The minimum atomic E-state index is -0.904. The SMILES string of the molecule is Cc1ccc(C2=C[C@H](c3ccccc3Cl)N(C(=O)CCCC(=O)O)N2)cc1. The summed E-state index contributed by atoms with van der Waals surface area (Å²) in [5.74, 6) is -1.07. The number of aliphatic carboxylic acids is 1. The van der Waals surface area contributed by atoms with E-state index in [0.29, 0.717) is 11.4 Å². The van der Waals surface area contributed by atoms with Crippen molar-refractivity contribution < 1.29 is 14.7 Å². The van der Waals surface area contributed by atoms with Crippen LogP contribution < -0.4 is 5.43 Å². The number of hydrazine groups is 1. The van der Waals surface area contributed by atoms with E-state index in [4.69, 9.17) is 16.7 Å². The number of carbonyl (C=O) groups is 2. The van der Waals surface area contributed by atoms with Crippen molar-refractivity contribution in [3.63, 3.8) is 0 Å². The number of halogens is 1. The molecule has 0 unspecified atom stereocenters. The first-order chi connectivity index (χ1) is 13.0. The summed E-state index contributed by atoms with van der Waals surface area (Å²) in [6.07, 6.45) is 2.38. The predicted octanol–water partition coefficient (Wildman–Crippen LogP) is 4.33. The van der Waals surface area contributed by atoms with Gasteiger partial charge in [-0.1, -0.05) is 59.6 Å². The second kappa shape index (κ2) is 8.27. The fraction of sp³-hybridized carbons (Fsp3) is 0.238. The van der Waals surface area contributed by atoms with E-state index < -0.39 is 5.97 Å². The highest BCUT2D eigenvalue weighted by Crippen LogP contribution is 2.35. The lowest BCUT2D eigenvalue weighted by atomic mass is 10.0. The third-order valence-electron chi connectivity index (χ3n) is 4.48. The molecule has 0 spiro atoms. The summed E-state index contributed by atoms with van der Waals surface area (Å²) in [7, 11) is 0. The number of benzene rings is 2. The van der Waals surface area contributed by atoms with Gasteiger partial charge in [-0.05, 0) is 36.6 Å². The lowest BCUT2D eigenvalue weighted by molar-refractivity contribution is -0.137. The Morgan fingerprint density at radius 1 is 1.11 bits per heavy atom. The van der Waals surface area contributed by atoms with E-state index in [1.54, 1.807) is 6.07 Å². The van der Waals surface area contributed by atoms with Crippen LogP contribution in [0.4, 0.5) is 0 Å². The van der Waals surface area contributed by atoms with Crippen molar-refractivity contribution >= 4 is 29.2 Å². The summed E-state index contributed by atoms with van der Waals surface area (Å²) in [4.78, 5) is 23.5. The van der Waals surface area contributed by atoms with Gasteiger partial charge >= 0.3 is 5.97 Å². The van der Waals surface area contributed by atoms with Crippen LogP contribution in [0.1, 0.15) is 42.0 Å². The van der Waals surface area contributed by atoms with Crippen LogP contribution in [0.5, 0.6) is 0 Å². The molecule has 0 saturated heterocycles. The Balaban J connectivity index is 1.87. The van der Waals surface area contributed by atoms with E-state index in [2.05, 4.69) is 5.43 Å². The van der Waals surface area contributed by atoms with Gasteiger partial charge in [0, 0.05) is 17.9 Å². The van der Waals surface area contributed by atoms with Crippen LogP contribution in [0.3, 0.4) is 0 Å². The Bertz CT molecular complexity index is 877. The first kappa shape index (κ1) is 19.0. The maximum atomic E-state index is 12.7. The van der Waals surface area contributed by atoms with Crippen LogP contribution in [0.15, 0.2) is 54.6 Å². The number of hydrogen-bond acceptors (Lipinski definition) is 3. The summed E-state index contributed by atoms with van der Waals surface area (Å²) in [6.45, 7) is 2.02. The molecule has 0 saturated carbocycles. The van der Waals surface area contributed by atoms with Gasteiger partial charge in [-0.25, -0.2) is 5.01 Å². The molecule has 0 radical (unpaired) electrons. The van der Waals surface area contributed by atoms with Crippen molar-refractivity contribution in [2.75, 3.05) is 0 Å². The van der Waals surface area contributed by atoms with Gasteiger partial charge < -0.3 is 5.11 Å².